The number of aromatic nitrogens is 4. The topological polar surface area (TPSA) is 63.9 Å². The molecule has 1 fully saturated rings. The SMILES string of the molecule is CCc1cnc(N2CCC(Cn3nc(C(F)(F)F)ccc3=O)CC2)nc1. The molecule has 0 unspecified atom stereocenters. The van der Waals surface area contributed by atoms with Gasteiger partial charge in [-0.2, -0.15) is 18.3 Å². The number of alkyl halides is 3. The minimum Gasteiger partial charge on any atom is -0.341 e. The van der Waals surface area contributed by atoms with Crippen molar-refractivity contribution in [3.8, 4) is 0 Å². The second kappa shape index (κ2) is 7.43. The van der Waals surface area contributed by atoms with Gasteiger partial charge in [0, 0.05) is 38.1 Å². The Morgan fingerprint density at radius 3 is 2.38 bits per heavy atom. The van der Waals surface area contributed by atoms with Crippen LogP contribution in [0.15, 0.2) is 29.3 Å². The third-order valence-corrected chi connectivity index (χ3v) is 4.59. The van der Waals surface area contributed by atoms with E-state index in [9.17, 15) is 18.0 Å². The Balaban J connectivity index is 1.63. The largest absolute Gasteiger partial charge is 0.435 e. The third kappa shape index (κ3) is 4.20. The first-order valence-corrected chi connectivity index (χ1v) is 8.58. The molecule has 2 aromatic heterocycles. The summed E-state index contributed by atoms with van der Waals surface area (Å²) >= 11 is 0. The van der Waals surface area contributed by atoms with Crippen LogP contribution in [-0.2, 0) is 19.1 Å². The number of aryl methyl sites for hydroxylation is 1. The lowest BCUT2D eigenvalue weighted by Gasteiger charge is -2.32. The lowest BCUT2D eigenvalue weighted by atomic mass is 9.97. The quantitative estimate of drug-likeness (QED) is 0.831. The zero-order chi connectivity index (χ0) is 18.7. The molecule has 0 amide bonds. The van der Waals surface area contributed by atoms with Crippen molar-refractivity contribution in [2.75, 3.05) is 18.0 Å². The van der Waals surface area contributed by atoms with E-state index in [0.29, 0.717) is 19.0 Å². The van der Waals surface area contributed by atoms with Gasteiger partial charge >= 0.3 is 6.18 Å². The van der Waals surface area contributed by atoms with Gasteiger partial charge in [0.25, 0.3) is 5.56 Å². The van der Waals surface area contributed by atoms with Gasteiger partial charge in [0.05, 0.1) is 0 Å². The molecule has 140 valence electrons. The molecule has 1 aliphatic heterocycles. The molecule has 0 spiro atoms. The van der Waals surface area contributed by atoms with Crippen LogP contribution in [0.5, 0.6) is 0 Å². The van der Waals surface area contributed by atoms with Gasteiger partial charge in [-0.05, 0) is 36.8 Å². The molecule has 26 heavy (non-hydrogen) atoms. The van der Waals surface area contributed by atoms with Crippen LogP contribution in [0.2, 0.25) is 0 Å². The summed E-state index contributed by atoms with van der Waals surface area (Å²) < 4.78 is 39.2. The van der Waals surface area contributed by atoms with Crippen LogP contribution in [0.1, 0.15) is 31.0 Å². The van der Waals surface area contributed by atoms with Crippen molar-refractivity contribution in [1.29, 1.82) is 0 Å². The highest BCUT2D eigenvalue weighted by Crippen LogP contribution is 2.27. The monoisotopic (exact) mass is 367 g/mol. The predicted octanol–water partition coefficient (Wildman–Crippen LogP) is 2.53. The Bertz CT molecular complexity index is 795. The second-order valence-corrected chi connectivity index (χ2v) is 6.41. The molecule has 0 atom stereocenters. The van der Waals surface area contributed by atoms with Crippen LogP contribution in [0.25, 0.3) is 0 Å². The van der Waals surface area contributed by atoms with E-state index in [0.717, 1.165) is 41.6 Å². The van der Waals surface area contributed by atoms with Gasteiger partial charge in [-0.1, -0.05) is 6.92 Å². The molecule has 9 heteroatoms. The van der Waals surface area contributed by atoms with E-state index in [1.165, 1.54) is 0 Å². The number of nitrogens with zero attached hydrogens (tertiary/aromatic N) is 5. The fraction of sp³-hybridized carbons (Fsp3) is 0.529. The Hall–Kier alpha value is -2.45. The standard InChI is InChI=1S/C17H20F3N5O/c1-2-12-9-21-16(22-10-12)24-7-5-13(6-8-24)11-25-15(26)4-3-14(23-25)17(18,19)20/h3-4,9-10,13H,2,5-8,11H2,1H3. The van der Waals surface area contributed by atoms with E-state index in [1.54, 1.807) is 12.4 Å². The zero-order valence-corrected chi connectivity index (χ0v) is 14.4. The van der Waals surface area contributed by atoms with Crippen molar-refractivity contribution in [2.24, 2.45) is 5.92 Å². The maximum Gasteiger partial charge on any atom is 0.435 e. The summed E-state index contributed by atoms with van der Waals surface area (Å²) in [7, 11) is 0. The summed E-state index contributed by atoms with van der Waals surface area (Å²) in [6.07, 6.45) is 1.41. The molecule has 3 heterocycles. The van der Waals surface area contributed by atoms with Crippen molar-refractivity contribution in [3.63, 3.8) is 0 Å². The molecular formula is C17H20F3N5O. The van der Waals surface area contributed by atoms with Crippen molar-refractivity contribution in [1.82, 2.24) is 19.7 Å². The second-order valence-electron chi connectivity index (χ2n) is 6.41. The summed E-state index contributed by atoms with van der Waals surface area (Å²) in [5.74, 6) is 0.754. The van der Waals surface area contributed by atoms with Gasteiger partial charge in [0.15, 0.2) is 5.69 Å². The maximum atomic E-state index is 12.8. The summed E-state index contributed by atoms with van der Waals surface area (Å²) in [5.41, 5.74) is -0.489. The molecule has 6 nitrogen and oxygen atoms in total. The minimum absolute atomic E-state index is 0.0925. The fourth-order valence-electron chi connectivity index (χ4n) is 2.98. The van der Waals surface area contributed by atoms with Crippen LogP contribution in [0, 0.1) is 5.92 Å². The molecular weight excluding hydrogens is 347 g/mol. The Labute approximate surface area is 148 Å². The van der Waals surface area contributed by atoms with Crippen molar-refractivity contribution in [2.45, 2.75) is 38.9 Å². The third-order valence-electron chi connectivity index (χ3n) is 4.59. The number of anilines is 1. The number of rotatable bonds is 4. The van der Waals surface area contributed by atoms with Crippen LogP contribution in [0.4, 0.5) is 19.1 Å². The van der Waals surface area contributed by atoms with Gasteiger partial charge in [0.1, 0.15) is 0 Å². The number of hydrogen-bond donors (Lipinski definition) is 0. The van der Waals surface area contributed by atoms with Gasteiger partial charge < -0.3 is 4.90 Å². The molecule has 2 aromatic rings. The fourth-order valence-corrected chi connectivity index (χ4v) is 2.98. The van der Waals surface area contributed by atoms with E-state index >= 15 is 0 Å². The Morgan fingerprint density at radius 2 is 1.81 bits per heavy atom. The number of hydrogen-bond acceptors (Lipinski definition) is 5. The van der Waals surface area contributed by atoms with Gasteiger partial charge in [-0.15, -0.1) is 0 Å². The van der Waals surface area contributed by atoms with E-state index in [4.69, 9.17) is 0 Å². The Kier molecular flexibility index (Phi) is 5.24. The summed E-state index contributed by atoms with van der Waals surface area (Å²) in [5, 5.41) is 3.47. The summed E-state index contributed by atoms with van der Waals surface area (Å²) in [4.78, 5) is 22.6. The van der Waals surface area contributed by atoms with E-state index in [2.05, 4.69) is 20.0 Å². The van der Waals surface area contributed by atoms with Crippen LogP contribution < -0.4 is 10.5 Å². The van der Waals surface area contributed by atoms with Gasteiger partial charge in [0.2, 0.25) is 5.95 Å². The van der Waals surface area contributed by atoms with Gasteiger partial charge in [-0.25, -0.2) is 14.6 Å². The molecule has 0 radical (unpaired) electrons. The van der Waals surface area contributed by atoms with Crippen molar-refractivity contribution in [3.05, 3.63) is 46.1 Å². The van der Waals surface area contributed by atoms with Crippen LogP contribution >= 0.6 is 0 Å². The average Bonchev–Trinajstić information content (AvgIpc) is 2.63. The predicted molar refractivity (Wildman–Crippen MR) is 89.8 cm³/mol. The summed E-state index contributed by atoms with van der Waals surface area (Å²) in [6, 6.07) is 1.65. The first-order valence-electron chi connectivity index (χ1n) is 8.58. The minimum atomic E-state index is -4.55. The zero-order valence-electron chi connectivity index (χ0n) is 14.4. The van der Waals surface area contributed by atoms with Crippen LogP contribution in [-0.4, -0.2) is 32.8 Å². The average molecular weight is 367 g/mol. The molecule has 0 N–H and O–H groups in total. The summed E-state index contributed by atoms with van der Waals surface area (Å²) in [6.45, 7) is 3.62. The van der Waals surface area contributed by atoms with Crippen molar-refractivity contribution < 1.29 is 13.2 Å². The lowest BCUT2D eigenvalue weighted by molar-refractivity contribution is -0.142. The first kappa shape index (κ1) is 18.3. The van der Waals surface area contributed by atoms with Crippen molar-refractivity contribution >= 4 is 5.95 Å². The molecule has 0 saturated carbocycles. The maximum absolute atomic E-state index is 12.8. The van der Waals surface area contributed by atoms with Gasteiger partial charge in [-0.3, -0.25) is 4.79 Å². The highest BCUT2D eigenvalue weighted by atomic mass is 19.4. The molecule has 0 aliphatic carbocycles. The number of halogens is 3. The lowest BCUT2D eigenvalue weighted by Crippen LogP contribution is -2.38. The smallest absolute Gasteiger partial charge is 0.341 e. The van der Waals surface area contributed by atoms with E-state index in [1.807, 2.05) is 6.92 Å². The Morgan fingerprint density at radius 1 is 1.15 bits per heavy atom. The highest BCUT2D eigenvalue weighted by molar-refractivity contribution is 5.30. The molecule has 1 aliphatic rings. The molecule has 1 saturated heterocycles. The van der Waals surface area contributed by atoms with Crippen LogP contribution in [0.3, 0.4) is 0 Å². The van der Waals surface area contributed by atoms with E-state index in [-0.39, 0.29) is 12.5 Å². The highest BCUT2D eigenvalue weighted by Gasteiger charge is 2.33. The molecule has 3 rings (SSSR count). The van der Waals surface area contributed by atoms with E-state index < -0.39 is 17.4 Å². The normalized spacial score (nSPS) is 16.1. The molecule has 0 aromatic carbocycles. The number of piperidine rings is 1. The molecule has 0 bridgehead atoms. The first-order chi connectivity index (χ1) is 12.4.